The molecule has 1 unspecified atom stereocenters. The molecule has 3 N–H and O–H groups in total. The van der Waals surface area contributed by atoms with Crippen LogP contribution in [0.4, 0.5) is 0 Å². The third-order valence-corrected chi connectivity index (χ3v) is 5.17. The van der Waals surface area contributed by atoms with Gasteiger partial charge in [0, 0.05) is 18.5 Å². The van der Waals surface area contributed by atoms with Crippen LogP contribution in [0.15, 0.2) is 91.0 Å². The molecule has 2 atom stereocenters. The lowest BCUT2D eigenvalue weighted by molar-refractivity contribution is 0.447. The predicted octanol–water partition coefficient (Wildman–Crippen LogP) is 5.28. The third-order valence-electron chi connectivity index (χ3n) is 5.17. The van der Waals surface area contributed by atoms with Crippen LogP contribution >= 0.6 is 0 Å². The Morgan fingerprint density at radius 3 is 1.59 bits per heavy atom. The first kappa shape index (κ1) is 19.3. The van der Waals surface area contributed by atoms with E-state index in [0.29, 0.717) is 5.92 Å². The number of benzene rings is 3. The molecule has 3 rings (SSSR count). The summed E-state index contributed by atoms with van der Waals surface area (Å²) in [6.07, 6.45) is 2.24. The summed E-state index contributed by atoms with van der Waals surface area (Å²) in [7, 11) is 0. The molecule has 2 heteroatoms. The molecular formula is C25H30N2. The Hall–Kier alpha value is -2.42. The van der Waals surface area contributed by atoms with Crippen LogP contribution in [0, 0.1) is 0 Å². The van der Waals surface area contributed by atoms with Crippen molar-refractivity contribution in [3.63, 3.8) is 0 Å². The number of nitrogens with one attached hydrogen (secondary N) is 1. The Morgan fingerprint density at radius 1 is 0.704 bits per heavy atom. The van der Waals surface area contributed by atoms with Gasteiger partial charge in [-0.15, -0.1) is 0 Å². The van der Waals surface area contributed by atoms with Gasteiger partial charge in [-0.05, 0) is 23.1 Å². The van der Waals surface area contributed by atoms with E-state index >= 15 is 0 Å². The first-order chi connectivity index (χ1) is 13.3. The van der Waals surface area contributed by atoms with Crippen molar-refractivity contribution in [1.29, 1.82) is 0 Å². The summed E-state index contributed by atoms with van der Waals surface area (Å²) in [5.41, 5.74) is 10.5. The van der Waals surface area contributed by atoms with Crippen molar-refractivity contribution in [2.24, 2.45) is 5.73 Å². The number of hydrogen-bond acceptors (Lipinski definition) is 2. The minimum Gasteiger partial charge on any atom is -0.326 e. The van der Waals surface area contributed by atoms with Gasteiger partial charge in [0.15, 0.2) is 0 Å². The van der Waals surface area contributed by atoms with Crippen molar-refractivity contribution < 1.29 is 0 Å². The van der Waals surface area contributed by atoms with Crippen LogP contribution < -0.4 is 11.1 Å². The van der Waals surface area contributed by atoms with Crippen LogP contribution in [-0.2, 0) is 0 Å². The lowest BCUT2D eigenvalue weighted by atomic mass is 9.87. The first-order valence-electron chi connectivity index (χ1n) is 9.93. The molecule has 3 aromatic rings. The molecule has 0 saturated carbocycles. The molecule has 27 heavy (non-hydrogen) atoms. The van der Waals surface area contributed by atoms with Crippen molar-refractivity contribution >= 4 is 0 Å². The second-order valence-corrected chi connectivity index (χ2v) is 7.13. The minimum absolute atomic E-state index is 0.0716. The van der Waals surface area contributed by atoms with Gasteiger partial charge in [-0.3, -0.25) is 0 Å². The minimum atomic E-state index is 0.0716. The van der Waals surface area contributed by atoms with E-state index in [0.717, 1.165) is 19.4 Å². The normalized spacial score (nSPS) is 13.4. The van der Waals surface area contributed by atoms with E-state index in [1.807, 2.05) is 0 Å². The highest BCUT2D eigenvalue weighted by molar-refractivity contribution is 5.31. The predicted molar refractivity (Wildman–Crippen MR) is 115 cm³/mol. The summed E-state index contributed by atoms with van der Waals surface area (Å²) in [6.45, 7) is 3.00. The lowest BCUT2D eigenvalue weighted by Crippen LogP contribution is -2.40. The van der Waals surface area contributed by atoms with Crippen LogP contribution in [0.5, 0.6) is 0 Å². The van der Waals surface area contributed by atoms with Gasteiger partial charge < -0.3 is 11.1 Å². The molecule has 0 spiro atoms. The zero-order valence-corrected chi connectivity index (χ0v) is 16.1. The van der Waals surface area contributed by atoms with Crippen LogP contribution in [0.25, 0.3) is 0 Å². The highest BCUT2D eigenvalue weighted by Crippen LogP contribution is 2.26. The quantitative estimate of drug-likeness (QED) is 0.546. The molecular weight excluding hydrogens is 328 g/mol. The fourth-order valence-electron chi connectivity index (χ4n) is 3.75. The molecule has 3 aromatic carbocycles. The van der Waals surface area contributed by atoms with E-state index < -0.39 is 0 Å². The van der Waals surface area contributed by atoms with Crippen LogP contribution in [-0.4, -0.2) is 12.6 Å². The largest absolute Gasteiger partial charge is 0.326 e. The van der Waals surface area contributed by atoms with E-state index in [2.05, 4.69) is 103 Å². The Balaban J connectivity index is 1.76. The third kappa shape index (κ3) is 5.29. The molecule has 0 aromatic heterocycles. The molecule has 140 valence electrons. The summed E-state index contributed by atoms with van der Waals surface area (Å²) in [5, 5.41) is 3.74. The molecule has 0 radical (unpaired) electrons. The SMILES string of the molecule is CCCC(c1ccccc1)[C@@H](N)CNC(c1ccccc1)c1ccccc1. The van der Waals surface area contributed by atoms with E-state index in [9.17, 15) is 0 Å². The van der Waals surface area contributed by atoms with Crippen molar-refractivity contribution in [3.8, 4) is 0 Å². The molecule has 0 bridgehead atoms. The summed E-state index contributed by atoms with van der Waals surface area (Å²) < 4.78 is 0. The molecule has 0 saturated heterocycles. The van der Waals surface area contributed by atoms with Crippen LogP contribution in [0.3, 0.4) is 0 Å². The smallest absolute Gasteiger partial charge is 0.0577 e. The molecule has 0 aliphatic carbocycles. The van der Waals surface area contributed by atoms with Gasteiger partial charge >= 0.3 is 0 Å². The second kappa shape index (κ2) is 10.1. The van der Waals surface area contributed by atoms with Gasteiger partial charge in [0.1, 0.15) is 0 Å². The van der Waals surface area contributed by atoms with Crippen molar-refractivity contribution in [3.05, 3.63) is 108 Å². The van der Waals surface area contributed by atoms with Gasteiger partial charge in [-0.1, -0.05) is 104 Å². The highest BCUT2D eigenvalue weighted by Gasteiger charge is 2.21. The van der Waals surface area contributed by atoms with E-state index in [4.69, 9.17) is 5.73 Å². The molecule has 0 aliphatic heterocycles. The van der Waals surface area contributed by atoms with E-state index in [1.165, 1.54) is 16.7 Å². The van der Waals surface area contributed by atoms with Gasteiger partial charge in [-0.25, -0.2) is 0 Å². The van der Waals surface area contributed by atoms with Crippen molar-refractivity contribution in [1.82, 2.24) is 5.32 Å². The Morgan fingerprint density at radius 2 is 1.15 bits per heavy atom. The topological polar surface area (TPSA) is 38.0 Å². The zero-order chi connectivity index (χ0) is 18.9. The molecule has 0 aliphatic rings. The van der Waals surface area contributed by atoms with E-state index in [1.54, 1.807) is 0 Å². The second-order valence-electron chi connectivity index (χ2n) is 7.13. The number of hydrogen-bond donors (Lipinski definition) is 2. The van der Waals surface area contributed by atoms with Gasteiger partial charge in [0.2, 0.25) is 0 Å². The maximum atomic E-state index is 6.68. The van der Waals surface area contributed by atoms with Crippen molar-refractivity contribution in [2.75, 3.05) is 6.54 Å². The molecule has 0 amide bonds. The molecule has 2 nitrogen and oxygen atoms in total. The Labute approximate surface area is 163 Å². The lowest BCUT2D eigenvalue weighted by Gasteiger charge is -2.27. The Kier molecular flexibility index (Phi) is 7.20. The summed E-state index contributed by atoms with van der Waals surface area (Å²) in [4.78, 5) is 0. The summed E-state index contributed by atoms with van der Waals surface area (Å²) in [6, 6.07) is 32.1. The van der Waals surface area contributed by atoms with Gasteiger partial charge in [0.05, 0.1) is 6.04 Å². The average Bonchev–Trinajstić information content (AvgIpc) is 2.74. The maximum Gasteiger partial charge on any atom is 0.0577 e. The average molecular weight is 359 g/mol. The van der Waals surface area contributed by atoms with Gasteiger partial charge in [-0.2, -0.15) is 0 Å². The fourth-order valence-corrected chi connectivity index (χ4v) is 3.75. The fraction of sp³-hybridized carbons (Fsp3) is 0.280. The highest BCUT2D eigenvalue weighted by atomic mass is 14.9. The van der Waals surface area contributed by atoms with Crippen LogP contribution in [0.2, 0.25) is 0 Å². The first-order valence-corrected chi connectivity index (χ1v) is 9.93. The summed E-state index contributed by atoms with van der Waals surface area (Å²) in [5.74, 6) is 0.371. The Bertz CT molecular complexity index is 732. The number of rotatable bonds is 9. The zero-order valence-electron chi connectivity index (χ0n) is 16.1. The van der Waals surface area contributed by atoms with Gasteiger partial charge in [0.25, 0.3) is 0 Å². The number of nitrogens with two attached hydrogens (primary N) is 1. The molecule has 0 heterocycles. The van der Waals surface area contributed by atoms with E-state index in [-0.39, 0.29) is 12.1 Å². The van der Waals surface area contributed by atoms with Crippen LogP contribution in [0.1, 0.15) is 48.4 Å². The molecule has 0 fully saturated rings. The summed E-state index contributed by atoms with van der Waals surface area (Å²) >= 11 is 0. The monoisotopic (exact) mass is 358 g/mol. The van der Waals surface area contributed by atoms with Crippen molar-refractivity contribution in [2.45, 2.75) is 37.8 Å². The maximum absolute atomic E-state index is 6.68. The standard InChI is InChI=1S/C25H30N2/c1-2-12-23(20-13-6-3-7-14-20)24(26)19-27-25(21-15-8-4-9-16-21)22-17-10-5-11-18-22/h3-11,13-18,23-25,27H,2,12,19,26H2,1H3/t23?,24-/m0/s1.